The normalized spacial score (nSPS) is 11.6. The molecule has 0 saturated heterocycles. The first-order valence-electron chi connectivity index (χ1n) is 46.3. The summed E-state index contributed by atoms with van der Waals surface area (Å²) in [6.45, 7) is 0. The van der Waals surface area contributed by atoms with Gasteiger partial charge in [0.2, 0.25) is 0 Å². The van der Waals surface area contributed by atoms with Gasteiger partial charge in [0.1, 0.15) is 67.0 Å². The molecule has 0 N–H and O–H groups in total. The van der Waals surface area contributed by atoms with Crippen molar-refractivity contribution in [1.29, 1.82) is 0 Å². The van der Waals surface area contributed by atoms with Gasteiger partial charge in [0, 0.05) is 134 Å². The third kappa shape index (κ3) is 14.5. The van der Waals surface area contributed by atoms with Gasteiger partial charge in [-0.3, -0.25) is 0 Å². The second-order valence-corrected chi connectivity index (χ2v) is 34.9. The zero-order valence-corrected chi connectivity index (χ0v) is 74.1. The van der Waals surface area contributed by atoms with Crippen LogP contribution in [-0.2, 0) is 0 Å². The molecule has 0 aliphatic carbocycles. The number of hydrogen-bond acceptors (Lipinski definition) is 9. The van der Waals surface area contributed by atoms with E-state index in [-0.39, 0.29) is 0 Å². The summed E-state index contributed by atoms with van der Waals surface area (Å²) in [4.78, 5) is 6.96. The molecule has 9 heteroatoms. The van der Waals surface area contributed by atoms with Crippen molar-refractivity contribution in [2.24, 2.45) is 0 Å². The summed E-state index contributed by atoms with van der Waals surface area (Å²) >= 11 is 0. The van der Waals surface area contributed by atoms with Crippen molar-refractivity contribution in [2.45, 2.75) is 0 Å². The van der Waals surface area contributed by atoms with Crippen molar-refractivity contribution in [3.05, 3.63) is 491 Å². The molecule has 0 aliphatic heterocycles. The summed E-state index contributed by atoms with van der Waals surface area (Å²) in [5, 5.41) is 18.3. The molecule has 28 rings (SSSR count). The summed E-state index contributed by atoms with van der Waals surface area (Å²) in [7, 11) is 0. The highest BCUT2D eigenvalue weighted by Crippen LogP contribution is 2.48. The minimum Gasteiger partial charge on any atom is -0.456 e. The Bertz CT molecular complexity index is 9440. The molecule has 0 bridgehead atoms. The van der Waals surface area contributed by atoms with E-state index < -0.39 is 0 Å². The standard InChI is InChI=1S/C48H31NO2.2C40H25NO2/c1-3-11-32(12-4-1)36-27-37(33-13-5-2-6-14-33)29-40(28-36)49(39-24-25-43-41-15-7-9-17-45(41)51-48(43)31-39)38-22-19-34(20-23-38)35-21-26-47-44(30-35)42-16-8-10-18-46(42)50-47;1-2-10-31-27(8-1)9-7-13-36(31)41(30-21-22-34-32-11-3-5-14-37(32)43-40(34)25-30)29-19-16-26(17-20-29)28-18-23-39-35(24-28)33-12-4-6-15-38(33)42-39;1-2-8-28-23-31(19-15-26(28)7-1)41(32-20-21-35-33-9-3-5-11-37(33)43-40(35)25-32)30-17-13-27(14-18-30)29-16-22-39-36(24-29)34-10-4-6-12-38(34)42-39/h1-31H;2*1-25H. The average molecular weight is 1760 g/mol. The van der Waals surface area contributed by atoms with E-state index in [9.17, 15) is 0 Å². The molecular weight excluding hydrogens is 1680 g/mol. The van der Waals surface area contributed by atoms with Gasteiger partial charge in [-0.05, 0) is 254 Å². The van der Waals surface area contributed by atoms with Gasteiger partial charge in [0.15, 0.2) is 0 Å². The van der Waals surface area contributed by atoms with E-state index in [2.05, 4.69) is 433 Å². The van der Waals surface area contributed by atoms with Gasteiger partial charge in [-0.1, -0.05) is 291 Å². The second kappa shape index (κ2) is 33.4. The average Bonchev–Trinajstić information content (AvgIpc) is 1.73. The Morgan fingerprint density at radius 2 is 0.372 bits per heavy atom. The molecule has 0 unspecified atom stereocenters. The van der Waals surface area contributed by atoms with Crippen LogP contribution >= 0.6 is 0 Å². The molecule has 0 saturated carbocycles. The van der Waals surface area contributed by atoms with E-state index in [0.29, 0.717) is 0 Å². The highest BCUT2D eigenvalue weighted by atomic mass is 16.3. The maximum atomic E-state index is 6.40. The van der Waals surface area contributed by atoms with Gasteiger partial charge in [-0.2, -0.15) is 0 Å². The van der Waals surface area contributed by atoms with Gasteiger partial charge in [-0.25, -0.2) is 0 Å². The van der Waals surface area contributed by atoms with E-state index >= 15 is 0 Å². The number of benzene rings is 22. The molecule has 9 nitrogen and oxygen atoms in total. The smallest absolute Gasteiger partial charge is 0.137 e. The lowest BCUT2D eigenvalue weighted by molar-refractivity contribution is 0.668. The third-order valence-electron chi connectivity index (χ3n) is 26.8. The molecule has 0 spiro atoms. The van der Waals surface area contributed by atoms with Crippen molar-refractivity contribution >= 4 is 204 Å². The first-order chi connectivity index (χ1) is 67.8. The fourth-order valence-electron chi connectivity index (χ4n) is 20.1. The number of furan rings is 6. The highest BCUT2D eigenvalue weighted by Gasteiger charge is 2.24. The van der Waals surface area contributed by atoms with Crippen LogP contribution < -0.4 is 14.7 Å². The molecule has 644 valence electrons. The highest BCUT2D eigenvalue weighted by molar-refractivity contribution is 6.13. The van der Waals surface area contributed by atoms with Gasteiger partial charge >= 0.3 is 0 Å². The molecule has 0 atom stereocenters. The topological polar surface area (TPSA) is 88.6 Å². The Labute approximate surface area is 787 Å². The predicted octanol–water partition coefficient (Wildman–Crippen LogP) is 37.5. The Kier molecular flexibility index (Phi) is 19.4. The Hall–Kier alpha value is -18.4. The zero-order chi connectivity index (χ0) is 90.4. The largest absolute Gasteiger partial charge is 0.456 e. The van der Waals surface area contributed by atoms with Crippen molar-refractivity contribution in [1.82, 2.24) is 0 Å². The van der Waals surface area contributed by atoms with Crippen LogP contribution in [0.5, 0.6) is 0 Å². The molecule has 0 radical (unpaired) electrons. The lowest BCUT2D eigenvalue weighted by Crippen LogP contribution is -2.10. The molecule has 6 aromatic heterocycles. The van der Waals surface area contributed by atoms with Crippen LogP contribution in [0.3, 0.4) is 0 Å². The van der Waals surface area contributed by atoms with Gasteiger partial charge in [0.05, 0.1) is 5.69 Å². The van der Waals surface area contributed by atoms with Crippen LogP contribution in [0.1, 0.15) is 0 Å². The van der Waals surface area contributed by atoms with Crippen LogP contribution in [0.15, 0.2) is 518 Å². The number of anilines is 9. The Morgan fingerprint density at radius 3 is 0.774 bits per heavy atom. The van der Waals surface area contributed by atoms with E-state index in [1.807, 2.05) is 72.8 Å². The monoisotopic (exact) mass is 1760 g/mol. The number of hydrogen-bond donors (Lipinski definition) is 0. The lowest BCUT2D eigenvalue weighted by atomic mass is 9.97. The SMILES string of the molecule is c1ccc(-c2cc(-c3ccccc3)cc(N(c3ccc(-c4ccc5oc6ccccc6c5c4)cc3)c3ccc4c(c3)oc3ccccc34)c2)cc1.c1ccc2c(N(c3ccc(-c4ccc5oc6ccccc6c5c4)cc3)c3ccc4c(c3)oc3ccccc34)cccc2c1.c1ccc2cc(N(c3ccc(-c4ccc5oc6ccccc6c5c4)cc3)c3ccc4c(c3)oc3ccccc34)ccc2c1. The summed E-state index contributed by atoms with van der Waals surface area (Å²) in [5.41, 5.74) is 31.9. The molecule has 22 aromatic carbocycles. The summed E-state index contributed by atoms with van der Waals surface area (Å²) in [5.74, 6) is 0. The van der Waals surface area contributed by atoms with E-state index in [1.165, 1.54) is 32.7 Å². The summed E-state index contributed by atoms with van der Waals surface area (Å²) in [6, 6.07) is 173. The quantitative estimate of drug-likeness (QED) is 0.106. The minimum absolute atomic E-state index is 0.860. The number of para-hydroxylation sites is 6. The van der Waals surface area contributed by atoms with Crippen LogP contribution in [0.25, 0.3) is 209 Å². The van der Waals surface area contributed by atoms with E-state index in [0.717, 1.165) is 227 Å². The maximum absolute atomic E-state index is 6.40. The van der Waals surface area contributed by atoms with Gasteiger partial charge in [0.25, 0.3) is 0 Å². The molecule has 0 amide bonds. The predicted molar refractivity (Wildman–Crippen MR) is 569 cm³/mol. The molecule has 28 aromatic rings. The van der Waals surface area contributed by atoms with Crippen molar-refractivity contribution in [2.75, 3.05) is 14.7 Å². The van der Waals surface area contributed by atoms with Crippen molar-refractivity contribution in [3.63, 3.8) is 0 Å². The fraction of sp³-hybridized carbons (Fsp3) is 0. The zero-order valence-electron chi connectivity index (χ0n) is 74.1. The van der Waals surface area contributed by atoms with Crippen LogP contribution in [0.2, 0.25) is 0 Å². The number of fused-ring (bicyclic) bond motifs is 20. The lowest BCUT2D eigenvalue weighted by Gasteiger charge is -2.27. The molecule has 0 aliphatic rings. The van der Waals surface area contributed by atoms with Crippen molar-refractivity contribution in [3.8, 4) is 55.6 Å². The number of nitrogens with zero attached hydrogens (tertiary/aromatic N) is 3. The van der Waals surface area contributed by atoms with Crippen molar-refractivity contribution < 1.29 is 26.5 Å². The molecule has 0 fully saturated rings. The first kappa shape index (κ1) is 79.5. The Morgan fingerprint density at radius 1 is 0.109 bits per heavy atom. The van der Waals surface area contributed by atoms with Crippen LogP contribution in [-0.4, -0.2) is 0 Å². The minimum atomic E-state index is 0.860. The van der Waals surface area contributed by atoms with Gasteiger partial charge < -0.3 is 41.2 Å². The van der Waals surface area contributed by atoms with Crippen LogP contribution in [0.4, 0.5) is 51.2 Å². The number of rotatable bonds is 14. The van der Waals surface area contributed by atoms with Crippen LogP contribution in [0, 0.1) is 0 Å². The van der Waals surface area contributed by atoms with E-state index in [4.69, 9.17) is 26.5 Å². The summed E-state index contributed by atoms with van der Waals surface area (Å²) < 4.78 is 37.2. The summed E-state index contributed by atoms with van der Waals surface area (Å²) in [6.07, 6.45) is 0. The third-order valence-corrected chi connectivity index (χ3v) is 26.8. The Balaban J connectivity index is 0.000000107. The van der Waals surface area contributed by atoms with E-state index in [1.54, 1.807) is 0 Å². The van der Waals surface area contributed by atoms with Gasteiger partial charge in [-0.15, -0.1) is 0 Å². The fourth-order valence-corrected chi connectivity index (χ4v) is 20.1. The second-order valence-electron chi connectivity index (χ2n) is 34.9. The molecular formula is C128H81N3O6. The molecule has 137 heavy (non-hydrogen) atoms. The molecule has 6 heterocycles. The maximum Gasteiger partial charge on any atom is 0.137 e. The first-order valence-corrected chi connectivity index (χ1v) is 46.3.